The van der Waals surface area contributed by atoms with Crippen LogP contribution in [0.15, 0.2) is 30.3 Å². The largest absolute Gasteiger partial charge is 0.446 e. The molecule has 0 aliphatic carbocycles. The van der Waals surface area contributed by atoms with Crippen LogP contribution >= 0.6 is 11.6 Å². The molecule has 0 radical (unpaired) electrons. The van der Waals surface area contributed by atoms with Crippen molar-refractivity contribution in [2.24, 2.45) is 0 Å². The van der Waals surface area contributed by atoms with E-state index in [9.17, 15) is 35.9 Å². The van der Waals surface area contributed by atoms with Gasteiger partial charge < -0.3 is 9.64 Å². The summed E-state index contributed by atoms with van der Waals surface area (Å²) in [5, 5.41) is 0.328. The monoisotopic (exact) mass is 564 g/mol. The number of halogens is 7. The number of aryl methyl sites for hydroxylation is 1. The third-order valence-corrected chi connectivity index (χ3v) is 6.56. The van der Waals surface area contributed by atoms with Crippen LogP contribution in [0.1, 0.15) is 67.5 Å². The zero-order chi connectivity index (χ0) is 28.6. The van der Waals surface area contributed by atoms with Crippen LogP contribution in [0.5, 0.6) is 0 Å². The van der Waals surface area contributed by atoms with Crippen LogP contribution in [-0.4, -0.2) is 29.5 Å². The summed E-state index contributed by atoms with van der Waals surface area (Å²) >= 11 is 6.37. The molecule has 1 aliphatic heterocycles. The van der Waals surface area contributed by atoms with E-state index in [4.69, 9.17) is 16.3 Å². The molecule has 5 nitrogen and oxygen atoms in total. The van der Waals surface area contributed by atoms with Gasteiger partial charge in [-0.1, -0.05) is 11.6 Å². The van der Waals surface area contributed by atoms with E-state index < -0.39 is 54.2 Å². The van der Waals surface area contributed by atoms with Crippen LogP contribution in [0.4, 0.5) is 36.8 Å². The maximum atomic E-state index is 13.4. The molecule has 1 unspecified atom stereocenters. The molecule has 1 heterocycles. The van der Waals surface area contributed by atoms with Crippen LogP contribution < -0.4 is 4.90 Å². The van der Waals surface area contributed by atoms with Crippen LogP contribution in [0.2, 0.25) is 5.02 Å². The van der Waals surface area contributed by atoms with Gasteiger partial charge in [-0.05, 0) is 75.1 Å². The first-order chi connectivity index (χ1) is 17.5. The maximum Gasteiger partial charge on any atom is 0.416 e. The Morgan fingerprint density at radius 3 is 2.13 bits per heavy atom. The molecule has 2 aromatic carbocycles. The van der Waals surface area contributed by atoms with E-state index in [2.05, 4.69) is 0 Å². The van der Waals surface area contributed by atoms with Crippen molar-refractivity contribution in [3.63, 3.8) is 0 Å². The Bertz CT molecular complexity index is 1180. The molecule has 0 bridgehead atoms. The molecule has 1 atom stereocenters. The Labute approximate surface area is 221 Å². The van der Waals surface area contributed by atoms with Gasteiger partial charge in [0.25, 0.3) is 0 Å². The van der Waals surface area contributed by atoms with Crippen LogP contribution in [0.25, 0.3) is 0 Å². The number of rotatable bonds is 4. The standard InChI is InChI=1S/C26H27ClF6N2O3/c1-14(2)38-24(37)34-7-5-6-22(20-12-21(27)15(3)8-23(20)34)35(16(4)36)13-17-9-18(25(28,29)30)11-19(10-17)26(31,32)33/h8-12,14,22H,5-7,13H2,1-4H3. The number of hydrogen-bond acceptors (Lipinski definition) is 3. The van der Waals surface area contributed by atoms with Crippen LogP contribution in [-0.2, 0) is 28.4 Å². The molecule has 208 valence electrons. The summed E-state index contributed by atoms with van der Waals surface area (Å²) in [6.45, 7) is 5.99. The van der Waals surface area contributed by atoms with Crippen LogP contribution in [0, 0.1) is 6.92 Å². The lowest BCUT2D eigenvalue weighted by Crippen LogP contribution is -2.35. The van der Waals surface area contributed by atoms with E-state index in [-0.39, 0.29) is 24.6 Å². The van der Waals surface area contributed by atoms with Gasteiger partial charge in [0.1, 0.15) is 0 Å². The zero-order valence-electron chi connectivity index (χ0n) is 21.1. The summed E-state index contributed by atoms with van der Waals surface area (Å²) in [5.41, 5.74) is -1.77. The third kappa shape index (κ3) is 6.73. The van der Waals surface area contributed by atoms with Gasteiger partial charge in [0.05, 0.1) is 29.0 Å². The summed E-state index contributed by atoms with van der Waals surface area (Å²) in [6.07, 6.45) is -10.4. The highest BCUT2D eigenvalue weighted by Gasteiger charge is 2.38. The smallest absolute Gasteiger partial charge is 0.416 e. The quantitative estimate of drug-likeness (QED) is 0.354. The van der Waals surface area contributed by atoms with E-state index in [1.165, 1.54) is 16.7 Å². The van der Waals surface area contributed by atoms with Crippen molar-refractivity contribution in [3.8, 4) is 0 Å². The lowest BCUT2D eigenvalue weighted by molar-refractivity contribution is -0.143. The number of hydrogen-bond donors (Lipinski definition) is 0. The molecule has 2 amide bonds. The fraction of sp³-hybridized carbons (Fsp3) is 0.462. The molecule has 1 aliphatic rings. The average molecular weight is 565 g/mol. The summed E-state index contributed by atoms with van der Waals surface area (Å²) in [5.74, 6) is -0.568. The molecule has 38 heavy (non-hydrogen) atoms. The highest BCUT2D eigenvalue weighted by atomic mass is 35.5. The number of ether oxygens (including phenoxy) is 1. The Morgan fingerprint density at radius 1 is 1.05 bits per heavy atom. The van der Waals surface area contributed by atoms with Gasteiger partial charge in [-0.2, -0.15) is 26.3 Å². The summed E-state index contributed by atoms with van der Waals surface area (Å²) in [4.78, 5) is 28.3. The minimum Gasteiger partial charge on any atom is -0.446 e. The molecule has 12 heteroatoms. The highest BCUT2D eigenvalue weighted by Crippen LogP contribution is 2.42. The van der Waals surface area contributed by atoms with E-state index in [0.717, 1.165) is 0 Å². The van der Waals surface area contributed by atoms with Crippen molar-refractivity contribution in [1.82, 2.24) is 4.90 Å². The topological polar surface area (TPSA) is 49.9 Å². The van der Waals surface area contributed by atoms with Gasteiger partial charge in [0.15, 0.2) is 0 Å². The number of benzene rings is 2. The molecule has 0 saturated carbocycles. The number of fused-ring (bicyclic) bond motifs is 1. The molecule has 0 saturated heterocycles. The first-order valence-electron chi connectivity index (χ1n) is 11.8. The van der Waals surface area contributed by atoms with Gasteiger partial charge in [-0.3, -0.25) is 9.69 Å². The van der Waals surface area contributed by atoms with Gasteiger partial charge in [0, 0.05) is 30.6 Å². The Morgan fingerprint density at radius 2 is 1.63 bits per heavy atom. The fourth-order valence-corrected chi connectivity index (χ4v) is 4.60. The van der Waals surface area contributed by atoms with Gasteiger partial charge >= 0.3 is 18.4 Å². The number of anilines is 1. The zero-order valence-corrected chi connectivity index (χ0v) is 21.9. The normalized spacial score (nSPS) is 16.2. The lowest BCUT2D eigenvalue weighted by Gasteiger charge is -2.33. The van der Waals surface area contributed by atoms with Crippen LogP contribution in [0.3, 0.4) is 0 Å². The Hall–Kier alpha value is -2.95. The van der Waals surface area contributed by atoms with E-state index >= 15 is 0 Å². The van der Waals surface area contributed by atoms with Crippen molar-refractivity contribution in [3.05, 3.63) is 63.2 Å². The van der Waals surface area contributed by atoms with Crippen molar-refractivity contribution < 1.29 is 40.7 Å². The molecule has 3 rings (SSSR count). The maximum absolute atomic E-state index is 13.4. The van der Waals surface area contributed by atoms with E-state index in [1.807, 2.05) is 0 Å². The minimum atomic E-state index is -5.02. The summed E-state index contributed by atoms with van der Waals surface area (Å²) in [7, 11) is 0. The highest BCUT2D eigenvalue weighted by molar-refractivity contribution is 6.31. The predicted octanol–water partition coefficient (Wildman–Crippen LogP) is 7.92. The molecular weight excluding hydrogens is 538 g/mol. The van der Waals surface area contributed by atoms with Gasteiger partial charge in [-0.25, -0.2) is 4.79 Å². The third-order valence-electron chi connectivity index (χ3n) is 6.15. The Balaban J connectivity index is 2.12. The Kier molecular flexibility index (Phi) is 8.60. The summed E-state index contributed by atoms with van der Waals surface area (Å²) in [6, 6.07) is 3.71. The average Bonchev–Trinajstić information content (AvgIpc) is 2.95. The second-order valence-electron chi connectivity index (χ2n) is 9.46. The van der Waals surface area contributed by atoms with Crippen molar-refractivity contribution in [2.45, 2.75) is 71.6 Å². The van der Waals surface area contributed by atoms with Crippen molar-refractivity contribution in [2.75, 3.05) is 11.4 Å². The molecule has 0 aromatic heterocycles. The molecule has 2 aromatic rings. The number of carbonyl (C=O) groups is 2. The van der Waals surface area contributed by atoms with E-state index in [0.29, 0.717) is 40.4 Å². The fourth-order valence-electron chi connectivity index (χ4n) is 4.43. The second kappa shape index (κ2) is 11.0. The number of amides is 2. The summed E-state index contributed by atoms with van der Waals surface area (Å²) < 4.78 is 85.9. The van der Waals surface area contributed by atoms with Crippen molar-refractivity contribution >= 4 is 29.3 Å². The molecular formula is C26H27ClF6N2O3. The van der Waals surface area contributed by atoms with Gasteiger partial charge in [-0.15, -0.1) is 0 Å². The predicted molar refractivity (Wildman–Crippen MR) is 130 cm³/mol. The number of nitrogens with zero attached hydrogens (tertiary/aromatic N) is 2. The second-order valence-corrected chi connectivity index (χ2v) is 9.87. The molecule has 0 N–H and O–H groups in total. The first kappa shape index (κ1) is 29.6. The number of carbonyl (C=O) groups excluding carboxylic acids is 2. The first-order valence-corrected chi connectivity index (χ1v) is 12.2. The van der Waals surface area contributed by atoms with E-state index in [1.54, 1.807) is 32.9 Å². The lowest BCUT2D eigenvalue weighted by atomic mass is 9.97. The van der Waals surface area contributed by atoms with Gasteiger partial charge in [0.2, 0.25) is 5.91 Å². The van der Waals surface area contributed by atoms with Crippen molar-refractivity contribution in [1.29, 1.82) is 0 Å². The minimum absolute atomic E-state index is 0.0450. The molecule has 0 fully saturated rings. The number of alkyl halides is 6. The SMILES string of the molecule is CC(=O)N(Cc1cc(C(F)(F)F)cc(C(F)(F)F)c1)C1CCCN(C(=O)OC(C)C)c2cc(C)c(Cl)cc21. The molecule has 0 spiro atoms.